The number of benzene rings is 1. The average Bonchev–Trinajstić information content (AvgIpc) is 2.70. The number of hydrogen-bond acceptors (Lipinski definition) is 4. The summed E-state index contributed by atoms with van der Waals surface area (Å²) in [6, 6.07) is 5.23. The van der Waals surface area contributed by atoms with E-state index < -0.39 is 9.84 Å². The van der Waals surface area contributed by atoms with Crippen LogP contribution in [0.25, 0.3) is 0 Å². The fraction of sp³-hybridized carbons (Fsp3) is 0.647. The van der Waals surface area contributed by atoms with E-state index in [0.717, 1.165) is 25.2 Å². The lowest BCUT2D eigenvalue weighted by Gasteiger charge is -2.38. The van der Waals surface area contributed by atoms with Gasteiger partial charge < -0.3 is 4.74 Å². The van der Waals surface area contributed by atoms with Gasteiger partial charge in [0.1, 0.15) is 15.7 Å². The zero-order chi connectivity index (χ0) is 16.5. The SMILES string of the molecule is Cc1cc(CN2CCOCC3(CCS(=O)(=O)CC3)C2)ccc1F. The lowest BCUT2D eigenvalue weighted by atomic mass is 9.82. The van der Waals surface area contributed by atoms with Gasteiger partial charge in [-0.15, -0.1) is 0 Å². The van der Waals surface area contributed by atoms with E-state index in [2.05, 4.69) is 4.90 Å². The number of halogens is 1. The number of rotatable bonds is 2. The maximum Gasteiger partial charge on any atom is 0.150 e. The summed E-state index contributed by atoms with van der Waals surface area (Å²) in [6.45, 7) is 5.50. The van der Waals surface area contributed by atoms with Gasteiger partial charge in [-0.05, 0) is 37.0 Å². The Labute approximate surface area is 137 Å². The van der Waals surface area contributed by atoms with Crippen LogP contribution in [0.3, 0.4) is 0 Å². The van der Waals surface area contributed by atoms with Crippen molar-refractivity contribution in [3.8, 4) is 0 Å². The van der Waals surface area contributed by atoms with Crippen LogP contribution in [0.4, 0.5) is 4.39 Å². The maximum atomic E-state index is 13.4. The molecular weight excluding hydrogens is 317 g/mol. The molecule has 2 aliphatic heterocycles. The Kier molecular flexibility index (Phi) is 4.76. The van der Waals surface area contributed by atoms with Crippen LogP contribution < -0.4 is 0 Å². The van der Waals surface area contributed by atoms with E-state index in [0.29, 0.717) is 31.6 Å². The zero-order valence-electron chi connectivity index (χ0n) is 13.6. The highest BCUT2D eigenvalue weighted by molar-refractivity contribution is 7.91. The van der Waals surface area contributed by atoms with E-state index in [1.54, 1.807) is 6.92 Å². The quantitative estimate of drug-likeness (QED) is 0.827. The minimum absolute atomic E-state index is 0.0586. The van der Waals surface area contributed by atoms with Crippen molar-refractivity contribution in [3.05, 3.63) is 35.1 Å². The summed E-state index contributed by atoms with van der Waals surface area (Å²) >= 11 is 0. The van der Waals surface area contributed by atoms with Gasteiger partial charge in [0, 0.05) is 25.0 Å². The Balaban J connectivity index is 1.71. The average molecular weight is 341 g/mol. The van der Waals surface area contributed by atoms with E-state index in [1.807, 2.05) is 12.1 Å². The van der Waals surface area contributed by atoms with Gasteiger partial charge in [0.2, 0.25) is 0 Å². The third-order valence-corrected chi connectivity index (χ3v) is 6.69. The van der Waals surface area contributed by atoms with Crippen molar-refractivity contribution in [2.45, 2.75) is 26.3 Å². The van der Waals surface area contributed by atoms with Crippen molar-refractivity contribution in [2.24, 2.45) is 5.41 Å². The molecule has 0 atom stereocenters. The van der Waals surface area contributed by atoms with Crippen LogP contribution in [0.15, 0.2) is 18.2 Å². The van der Waals surface area contributed by atoms with Gasteiger partial charge in [-0.1, -0.05) is 12.1 Å². The molecule has 1 spiro atoms. The van der Waals surface area contributed by atoms with Gasteiger partial charge in [-0.3, -0.25) is 4.90 Å². The van der Waals surface area contributed by atoms with Crippen LogP contribution in [-0.4, -0.2) is 51.1 Å². The highest BCUT2D eigenvalue weighted by Gasteiger charge is 2.40. The summed E-state index contributed by atoms with van der Waals surface area (Å²) in [7, 11) is -2.87. The molecular formula is C17H24FNO3S. The standard InChI is InChI=1S/C17H24FNO3S/c1-14-10-15(2-3-16(14)18)11-19-6-7-22-13-17(12-19)4-8-23(20,21)9-5-17/h2-3,10H,4-9,11-13H2,1H3. The van der Waals surface area contributed by atoms with Crippen LogP contribution in [0.1, 0.15) is 24.0 Å². The van der Waals surface area contributed by atoms with Crippen LogP contribution in [0.5, 0.6) is 0 Å². The third-order valence-electron chi connectivity index (χ3n) is 5.03. The zero-order valence-corrected chi connectivity index (χ0v) is 14.4. The second kappa shape index (κ2) is 6.49. The van der Waals surface area contributed by atoms with Gasteiger partial charge in [0.05, 0.1) is 24.7 Å². The van der Waals surface area contributed by atoms with Crippen LogP contribution in [-0.2, 0) is 21.1 Å². The molecule has 0 aromatic heterocycles. The molecule has 3 rings (SSSR count). The van der Waals surface area contributed by atoms with Gasteiger partial charge >= 0.3 is 0 Å². The molecule has 2 fully saturated rings. The number of ether oxygens (including phenoxy) is 1. The van der Waals surface area contributed by atoms with Crippen molar-refractivity contribution in [2.75, 3.05) is 37.8 Å². The molecule has 0 unspecified atom stereocenters. The Morgan fingerprint density at radius 3 is 2.74 bits per heavy atom. The molecule has 0 saturated carbocycles. The lowest BCUT2D eigenvalue weighted by Crippen LogP contribution is -2.43. The molecule has 0 bridgehead atoms. The largest absolute Gasteiger partial charge is 0.379 e. The van der Waals surface area contributed by atoms with E-state index in [9.17, 15) is 12.8 Å². The minimum atomic E-state index is -2.87. The van der Waals surface area contributed by atoms with Gasteiger partial charge in [0.25, 0.3) is 0 Å². The Morgan fingerprint density at radius 2 is 2.04 bits per heavy atom. The Bertz CT molecular complexity index is 660. The van der Waals surface area contributed by atoms with Crippen molar-refractivity contribution in [1.82, 2.24) is 4.90 Å². The number of sulfone groups is 1. The number of aryl methyl sites for hydroxylation is 1. The van der Waals surface area contributed by atoms with Crippen molar-refractivity contribution in [3.63, 3.8) is 0 Å². The fourth-order valence-corrected chi connectivity index (χ4v) is 5.25. The van der Waals surface area contributed by atoms with Crippen molar-refractivity contribution in [1.29, 1.82) is 0 Å². The Morgan fingerprint density at radius 1 is 1.30 bits per heavy atom. The summed E-state index contributed by atoms with van der Waals surface area (Å²) in [5.74, 6) is 0.349. The molecule has 0 amide bonds. The van der Waals surface area contributed by atoms with Gasteiger partial charge in [-0.25, -0.2) is 12.8 Å². The molecule has 2 saturated heterocycles. The summed E-state index contributed by atoms with van der Waals surface area (Å²) in [6.07, 6.45) is 1.35. The highest BCUT2D eigenvalue weighted by Crippen LogP contribution is 2.35. The van der Waals surface area contributed by atoms with E-state index in [4.69, 9.17) is 4.74 Å². The molecule has 0 N–H and O–H groups in total. The predicted octanol–water partition coefficient (Wildman–Crippen LogP) is 2.16. The molecule has 2 heterocycles. The highest BCUT2D eigenvalue weighted by atomic mass is 32.2. The molecule has 23 heavy (non-hydrogen) atoms. The van der Waals surface area contributed by atoms with Crippen LogP contribution >= 0.6 is 0 Å². The number of hydrogen-bond donors (Lipinski definition) is 0. The molecule has 0 radical (unpaired) electrons. The topological polar surface area (TPSA) is 46.6 Å². The molecule has 6 heteroatoms. The first-order chi connectivity index (χ1) is 10.9. The monoisotopic (exact) mass is 341 g/mol. The predicted molar refractivity (Wildman–Crippen MR) is 87.6 cm³/mol. The molecule has 1 aromatic carbocycles. The van der Waals surface area contributed by atoms with Gasteiger partial charge in [0.15, 0.2) is 0 Å². The molecule has 1 aromatic rings. The van der Waals surface area contributed by atoms with Gasteiger partial charge in [-0.2, -0.15) is 0 Å². The third kappa shape index (κ3) is 4.11. The molecule has 0 aliphatic carbocycles. The first-order valence-corrected chi connectivity index (χ1v) is 9.95. The van der Waals surface area contributed by atoms with Crippen LogP contribution in [0.2, 0.25) is 0 Å². The summed E-state index contributed by atoms with van der Waals surface area (Å²) < 4.78 is 42.6. The summed E-state index contributed by atoms with van der Waals surface area (Å²) in [4.78, 5) is 2.32. The smallest absolute Gasteiger partial charge is 0.150 e. The number of nitrogens with zero attached hydrogens (tertiary/aromatic N) is 1. The molecule has 4 nitrogen and oxygen atoms in total. The lowest BCUT2D eigenvalue weighted by molar-refractivity contribution is 0.0595. The molecule has 128 valence electrons. The van der Waals surface area contributed by atoms with Crippen molar-refractivity contribution < 1.29 is 17.5 Å². The maximum absolute atomic E-state index is 13.4. The van der Waals surface area contributed by atoms with E-state index in [1.165, 1.54) is 6.07 Å². The fourth-order valence-electron chi connectivity index (χ4n) is 3.55. The van der Waals surface area contributed by atoms with E-state index in [-0.39, 0.29) is 22.7 Å². The first-order valence-electron chi connectivity index (χ1n) is 8.13. The van der Waals surface area contributed by atoms with E-state index >= 15 is 0 Å². The first kappa shape index (κ1) is 16.9. The summed E-state index contributed by atoms with van der Waals surface area (Å²) in [5, 5.41) is 0. The second-order valence-electron chi connectivity index (χ2n) is 7.00. The van der Waals surface area contributed by atoms with Crippen molar-refractivity contribution >= 4 is 9.84 Å². The second-order valence-corrected chi connectivity index (χ2v) is 9.30. The van der Waals surface area contributed by atoms with Crippen LogP contribution in [0, 0.1) is 18.2 Å². The minimum Gasteiger partial charge on any atom is -0.379 e. The summed E-state index contributed by atoms with van der Waals surface area (Å²) in [5.41, 5.74) is 1.69. The molecule has 2 aliphatic rings. The Hall–Kier alpha value is -0.980. The normalized spacial score (nSPS) is 24.4.